The van der Waals surface area contributed by atoms with Crippen LogP contribution in [0.3, 0.4) is 0 Å². The number of nitriles is 1. The van der Waals surface area contributed by atoms with Crippen molar-refractivity contribution in [2.24, 2.45) is 0 Å². The van der Waals surface area contributed by atoms with E-state index in [0.29, 0.717) is 35.2 Å². The van der Waals surface area contributed by atoms with E-state index in [4.69, 9.17) is 16.9 Å². The van der Waals surface area contributed by atoms with Gasteiger partial charge in [0, 0.05) is 30.5 Å². The molecular weight excluding hydrogens is 404 g/mol. The van der Waals surface area contributed by atoms with Gasteiger partial charge in [-0.15, -0.1) is 0 Å². The van der Waals surface area contributed by atoms with E-state index in [-0.39, 0.29) is 11.9 Å². The number of nitrogens with one attached hydrogen (secondary N) is 1. The van der Waals surface area contributed by atoms with Crippen LogP contribution in [0.1, 0.15) is 35.7 Å². The normalized spacial score (nSPS) is 12.9. The summed E-state index contributed by atoms with van der Waals surface area (Å²) in [5.41, 5.74) is 2.27. The number of hydrogen-bond donors (Lipinski definition) is 2. The first kappa shape index (κ1) is 21.6. The number of rotatable bonds is 7. The summed E-state index contributed by atoms with van der Waals surface area (Å²) in [7, 11) is 0. The summed E-state index contributed by atoms with van der Waals surface area (Å²) < 4.78 is 3.50. The van der Waals surface area contributed by atoms with Crippen LogP contribution in [0.25, 0.3) is 11.3 Å². The Morgan fingerprint density at radius 1 is 1.33 bits per heavy atom. The number of hydrogen-bond acceptors (Lipinski definition) is 5. The number of aliphatic hydroxyl groups excluding tert-OH is 1. The molecular formula is C21H23ClN6O2. The van der Waals surface area contributed by atoms with Crippen molar-refractivity contribution < 1.29 is 9.90 Å². The van der Waals surface area contributed by atoms with Crippen LogP contribution in [-0.2, 0) is 13.1 Å². The summed E-state index contributed by atoms with van der Waals surface area (Å²) >= 11 is 6.10. The quantitative estimate of drug-likeness (QED) is 0.603. The highest BCUT2D eigenvalue weighted by Gasteiger charge is 2.16. The first-order valence-electron chi connectivity index (χ1n) is 9.53. The minimum Gasteiger partial charge on any atom is -0.392 e. The molecule has 1 amide bonds. The van der Waals surface area contributed by atoms with Gasteiger partial charge in [-0.3, -0.25) is 9.48 Å². The number of benzene rings is 1. The zero-order chi connectivity index (χ0) is 21.8. The Morgan fingerprint density at radius 2 is 2.10 bits per heavy atom. The fourth-order valence-corrected chi connectivity index (χ4v) is 3.32. The van der Waals surface area contributed by atoms with Crippen molar-refractivity contribution in [1.29, 1.82) is 5.26 Å². The van der Waals surface area contributed by atoms with E-state index in [2.05, 4.69) is 15.4 Å². The highest BCUT2D eigenvalue weighted by Crippen LogP contribution is 2.24. The van der Waals surface area contributed by atoms with E-state index < -0.39 is 6.10 Å². The van der Waals surface area contributed by atoms with E-state index in [9.17, 15) is 9.90 Å². The van der Waals surface area contributed by atoms with Crippen molar-refractivity contribution in [3.8, 4) is 17.3 Å². The number of halogens is 1. The first-order chi connectivity index (χ1) is 14.3. The summed E-state index contributed by atoms with van der Waals surface area (Å²) in [6.07, 6.45) is 2.95. The monoisotopic (exact) mass is 426 g/mol. The summed E-state index contributed by atoms with van der Waals surface area (Å²) in [4.78, 5) is 16.8. The Morgan fingerprint density at radius 3 is 2.77 bits per heavy atom. The smallest absolute Gasteiger partial charge is 0.271 e. The molecule has 0 aliphatic heterocycles. The van der Waals surface area contributed by atoms with Crippen LogP contribution in [0.4, 0.5) is 0 Å². The number of aromatic nitrogens is 4. The molecule has 2 aromatic heterocycles. The molecule has 2 atom stereocenters. The molecule has 0 aliphatic carbocycles. The maximum Gasteiger partial charge on any atom is 0.271 e. The molecule has 0 spiro atoms. The molecule has 0 unspecified atom stereocenters. The number of aryl methyl sites for hydroxylation is 1. The van der Waals surface area contributed by atoms with Gasteiger partial charge < -0.3 is 15.0 Å². The van der Waals surface area contributed by atoms with Crippen LogP contribution in [0.15, 0.2) is 36.7 Å². The van der Waals surface area contributed by atoms with Gasteiger partial charge in [0.15, 0.2) is 0 Å². The van der Waals surface area contributed by atoms with Crippen molar-refractivity contribution in [2.45, 2.75) is 46.0 Å². The number of amides is 1. The van der Waals surface area contributed by atoms with Crippen molar-refractivity contribution in [1.82, 2.24) is 24.6 Å². The SMILES string of the molecule is Cc1nc(C(=O)N[C@@H](C)Cn2ccc(-c3ccc(C#N)c(Cl)c3)n2)cn1C[C@@H](C)O. The number of carbonyl (C=O) groups excluding carboxylic acids is 1. The molecule has 30 heavy (non-hydrogen) atoms. The van der Waals surface area contributed by atoms with E-state index in [1.807, 2.05) is 25.3 Å². The molecule has 0 fully saturated rings. The largest absolute Gasteiger partial charge is 0.392 e. The molecule has 1 aromatic carbocycles. The van der Waals surface area contributed by atoms with Crippen molar-refractivity contribution >= 4 is 17.5 Å². The van der Waals surface area contributed by atoms with Crippen LogP contribution in [-0.4, -0.2) is 42.5 Å². The van der Waals surface area contributed by atoms with Gasteiger partial charge in [0.05, 0.1) is 28.9 Å². The molecule has 0 saturated heterocycles. The highest BCUT2D eigenvalue weighted by molar-refractivity contribution is 6.32. The molecule has 8 nitrogen and oxygen atoms in total. The predicted octanol–water partition coefficient (Wildman–Crippen LogP) is 2.78. The maximum atomic E-state index is 12.5. The molecule has 156 valence electrons. The van der Waals surface area contributed by atoms with Crippen LogP contribution >= 0.6 is 11.6 Å². The average Bonchev–Trinajstić information content (AvgIpc) is 3.28. The Hall–Kier alpha value is -3.15. The Labute approximate surface area is 179 Å². The molecule has 0 bridgehead atoms. The van der Waals surface area contributed by atoms with E-state index in [1.165, 1.54) is 0 Å². The van der Waals surface area contributed by atoms with Gasteiger partial charge in [0.2, 0.25) is 0 Å². The Balaban J connectivity index is 1.63. The highest BCUT2D eigenvalue weighted by atomic mass is 35.5. The molecule has 2 heterocycles. The maximum absolute atomic E-state index is 12.5. The third-order valence-electron chi connectivity index (χ3n) is 4.53. The Bertz CT molecular complexity index is 1100. The lowest BCUT2D eigenvalue weighted by Crippen LogP contribution is -2.36. The van der Waals surface area contributed by atoms with Crippen molar-refractivity contribution in [2.75, 3.05) is 0 Å². The van der Waals surface area contributed by atoms with Crippen LogP contribution < -0.4 is 5.32 Å². The number of imidazole rings is 1. The number of aliphatic hydroxyl groups is 1. The third kappa shape index (κ3) is 5.06. The van der Waals surface area contributed by atoms with Gasteiger partial charge in [0.1, 0.15) is 17.6 Å². The molecule has 0 radical (unpaired) electrons. The van der Waals surface area contributed by atoms with Crippen molar-refractivity contribution in [3.05, 3.63) is 58.8 Å². The van der Waals surface area contributed by atoms with Gasteiger partial charge in [-0.25, -0.2) is 4.98 Å². The topological polar surface area (TPSA) is 109 Å². The van der Waals surface area contributed by atoms with Gasteiger partial charge in [0.25, 0.3) is 5.91 Å². The lowest BCUT2D eigenvalue weighted by Gasteiger charge is -2.13. The predicted molar refractivity (Wildman–Crippen MR) is 113 cm³/mol. The fourth-order valence-electron chi connectivity index (χ4n) is 3.09. The van der Waals surface area contributed by atoms with E-state index in [0.717, 1.165) is 11.3 Å². The number of nitrogens with zero attached hydrogens (tertiary/aromatic N) is 5. The first-order valence-corrected chi connectivity index (χ1v) is 9.90. The minimum absolute atomic E-state index is 0.183. The average molecular weight is 427 g/mol. The van der Waals surface area contributed by atoms with E-state index >= 15 is 0 Å². The molecule has 2 N–H and O–H groups in total. The molecule has 0 saturated carbocycles. The molecule has 0 aliphatic rings. The van der Waals surface area contributed by atoms with Crippen LogP contribution in [0, 0.1) is 18.3 Å². The van der Waals surface area contributed by atoms with Crippen LogP contribution in [0.2, 0.25) is 5.02 Å². The second kappa shape index (κ2) is 9.11. The molecule has 3 aromatic rings. The van der Waals surface area contributed by atoms with Gasteiger partial charge >= 0.3 is 0 Å². The third-order valence-corrected chi connectivity index (χ3v) is 4.85. The standard InChI is InChI=1S/C21H23ClN6O2/c1-13(24-21(30)20-12-27(11-14(2)29)15(3)25-20)10-28-7-6-19(26-28)16-4-5-17(9-23)18(22)8-16/h4-8,12-14,29H,10-11H2,1-3H3,(H,24,30)/t13-,14+/m0/s1. The second-order valence-electron chi connectivity index (χ2n) is 7.28. The minimum atomic E-state index is -0.521. The zero-order valence-corrected chi connectivity index (χ0v) is 17.8. The number of carbonyl (C=O) groups is 1. The fraction of sp³-hybridized carbons (Fsp3) is 0.333. The second-order valence-corrected chi connectivity index (χ2v) is 7.69. The van der Waals surface area contributed by atoms with Gasteiger partial charge in [-0.1, -0.05) is 17.7 Å². The summed E-state index contributed by atoms with van der Waals surface area (Å²) in [5.74, 6) is 0.396. The van der Waals surface area contributed by atoms with Gasteiger partial charge in [-0.2, -0.15) is 10.4 Å². The lowest BCUT2D eigenvalue weighted by molar-refractivity contribution is 0.0931. The molecule has 3 rings (SSSR count). The summed E-state index contributed by atoms with van der Waals surface area (Å²) in [6, 6.07) is 8.88. The summed E-state index contributed by atoms with van der Waals surface area (Å²) in [5, 5.41) is 26.3. The van der Waals surface area contributed by atoms with Crippen LogP contribution in [0.5, 0.6) is 0 Å². The van der Waals surface area contributed by atoms with E-state index in [1.54, 1.807) is 47.5 Å². The molecule has 9 heteroatoms. The zero-order valence-electron chi connectivity index (χ0n) is 17.0. The lowest BCUT2D eigenvalue weighted by atomic mass is 10.1. The Kier molecular flexibility index (Phi) is 6.55. The summed E-state index contributed by atoms with van der Waals surface area (Å²) in [6.45, 7) is 6.23. The van der Waals surface area contributed by atoms with Gasteiger partial charge in [-0.05, 0) is 39.0 Å². The van der Waals surface area contributed by atoms with Crippen molar-refractivity contribution in [3.63, 3.8) is 0 Å².